The Bertz CT molecular complexity index is 450. The minimum Gasteiger partial charge on any atom is -0.399 e. The van der Waals surface area contributed by atoms with E-state index in [1.54, 1.807) is 0 Å². The smallest absolute Gasteiger partial charge is 0.0400 e. The molecule has 69 valence electrons. The average molecular weight is 183 g/mol. The summed E-state index contributed by atoms with van der Waals surface area (Å²) in [4.78, 5) is 0. The summed E-state index contributed by atoms with van der Waals surface area (Å²) in [5.74, 6) is 0. The SMILES string of the molecule is Nc1cccc(-c2[c]cccc2N)c1. The van der Waals surface area contributed by atoms with Crippen molar-refractivity contribution in [3.63, 3.8) is 0 Å². The van der Waals surface area contributed by atoms with Crippen LogP contribution in [0.3, 0.4) is 0 Å². The molecule has 0 bridgehead atoms. The molecule has 0 atom stereocenters. The monoisotopic (exact) mass is 183 g/mol. The second kappa shape index (κ2) is 3.42. The van der Waals surface area contributed by atoms with Gasteiger partial charge in [-0.15, -0.1) is 0 Å². The molecule has 0 unspecified atom stereocenters. The Labute approximate surface area is 83.2 Å². The normalized spacial score (nSPS) is 10.0. The fourth-order valence-electron chi connectivity index (χ4n) is 1.39. The van der Waals surface area contributed by atoms with Gasteiger partial charge in [0.2, 0.25) is 0 Å². The highest BCUT2D eigenvalue weighted by atomic mass is 14.6. The molecule has 2 heteroatoms. The van der Waals surface area contributed by atoms with Crippen molar-refractivity contribution in [3.05, 3.63) is 48.5 Å². The Morgan fingerprint density at radius 1 is 1.00 bits per heavy atom. The summed E-state index contributed by atoms with van der Waals surface area (Å²) >= 11 is 0. The molecule has 4 N–H and O–H groups in total. The van der Waals surface area contributed by atoms with Crippen molar-refractivity contribution in [2.45, 2.75) is 0 Å². The first-order valence-corrected chi connectivity index (χ1v) is 4.39. The summed E-state index contributed by atoms with van der Waals surface area (Å²) in [6, 6.07) is 16.3. The van der Waals surface area contributed by atoms with Gasteiger partial charge in [0.1, 0.15) is 0 Å². The van der Waals surface area contributed by atoms with Crippen LogP contribution in [0.1, 0.15) is 0 Å². The first-order valence-electron chi connectivity index (χ1n) is 4.39. The summed E-state index contributed by atoms with van der Waals surface area (Å²) in [6.07, 6.45) is 0. The molecule has 2 nitrogen and oxygen atoms in total. The molecule has 14 heavy (non-hydrogen) atoms. The molecule has 2 rings (SSSR count). The highest BCUT2D eigenvalue weighted by Gasteiger charge is 2.01. The number of anilines is 2. The maximum Gasteiger partial charge on any atom is 0.0400 e. The van der Waals surface area contributed by atoms with E-state index >= 15 is 0 Å². The van der Waals surface area contributed by atoms with Gasteiger partial charge in [-0.3, -0.25) is 0 Å². The zero-order valence-electron chi connectivity index (χ0n) is 7.70. The standard InChI is InChI=1S/C12H11N2/c13-10-5-3-4-9(8-10)11-6-1-2-7-12(11)14/h1-5,7-8H,13-14H2. The number of nitrogens with two attached hydrogens (primary N) is 2. The van der Waals surface area contributed by atoms with Crippen LogP contribution >= 0.6 is 0 Å². The molecular formula is C12H11N2. The second-order valence-electron chi connectivity index (χ2n) is 3.13. The third kappa shape index (κ3) is 1.55. The van der Waals surface area contributed by atoms with Crippen LogP contribution in [0, 0.1) is 6.07 Å². The maximum atomic E-state index is 5.83. The van der Waals surface area contributed by atoms with Crippen LogP contribution in [-0.4, -0.2) is 0 Å². The van der Waals surface area contributed by atoms with Gasteiger partial charge in [0.05, 0.1) is 0 Å². The Hall–Kier alpha value is -1.96. The van der Waals surface area contributed by atoms with E-state index in [1.165, 1.54) is 0 Å². The van der Waals surface area contributed by atoms with Gasteiger partial charge >= 0.3 is 0 Å². The maximum absolute atomic E-state index is 5.83. The van der Waals surface area contributed by atoms with Crippen molar-refractivity contribution in [1.82, 2.24) is 0 Å². The summed E-state index contributed by atoms with van der Waals surface area (Å²) in [5.41, 5.74) is 14.9. The van der Waals surface area contributed by atoms with Gasteiger partial charge in [0.25, 0.3) is 0 Å². The van der Waals surface area contributed by atoms with E-state index in [1.807, 2.05) is 42.5 Å². The number of benzene rings is 2. The van der Waals surface area contributed by atoms with Crippen molar-refractivity contribution in [1.29, 1.82) is 0 Å². The van der Waals surface area contributed by atoms with Crippen LogP contribution < -0.4 is 11.5 Å². The van der Waals surface area contributed by atoms with Crippen molar-refractivity contribution in [2.24, 2.45) is 0 Å². The van der Waals surface area contributed by atoms with Gasteiger partial charge in [0, 0.05) is 16.9 Å². The minimum absolute atomic E-state index is 0.720. The predicted octanol–water partition coefficient (Wildman–Crippen LogP) is 2.32. The van der Waals surface area contributed by atoms with E-state index in [4.69, 9.17) is 11.5 Å². The molecule has 0 spiro atoms. The highest BCUT2D eigenvalue weighted by Crippen LogP contribution is 2.25. The Balaban J connectivity index is 2.55. The number of nitrogen functional groups attached to an aromatic ring is 2. The minimum atomic E-state index is 0.720. The van der Waals surface area contributed by atoms with Gasteiger partial charge < -0.3 is 11.5 Å². The molecule has 0 aliphatic rings. The fraction of sp³-hybridized carbons (Fsp3) is 0. The molecular weight excluding hydrogens is 172 g/mol. The highest BCUT2D eigenvalue weighted by molar-refractivity contribution is 5.77. The Kier molecular flexibility index (Phi) is 2.11. The second-order valence-corrected chi connectivity index (χ2v) is 3.13. The van der Waals surface area contributed by atoms with Gasteiger partial charge in [0.15, 0.2) is 0 Å². The number of hydrogen-bond acceptors (Lipinski definition) is 2. The number of rotatable bonds is 1. The van der Waals surface area contributed by atoms with Gasteiger partial charge in [-0.25, -0.2) is 0 Å². The Morgan fingerprint density at radius 3 is 2.57 bits per heavy atom. The number of hydrogen-bond donors (Lipinski definition) is 2. The molecule has 0 amide bonds. The van der Waals surface area contributed by atoms with E-state index in [2.05, 4.69) is 6.07 Å². The van der Waals surface area contributed by atoms with Crippen LogP contribution in [0.5, 0.6) is 0 Å². The average Bonchev–Trinajstić information content (AvgIpc) is 2.18. The quantitative estimate of drug-likeness (QED) is 0.666. The summed E-state index contributed by atoms with van der Waals surface area (Å²) < 4.78 is 0. The van der Waals surface area contributed by atoms with Crippen LogP contribution in [0.25, 0.3) is 11.1 Å². The summed E-state index contributed by atoms with van der Waals surface area (Å²) in [6.45, 7) is 0. The van der Waals surface area contributed by atoms with Gasteiger partial charge in [-0.05, 0) is 29.8 Å². The molecule has 0 aliphatic carbocycles. The van der Waals surface area contributed by atoms with E-state index < -0.39 is 0 Å². The molecule has 2 aromatic carbocycles. The Morgan fingerprint density at radius 2 is 1.86 bits per heavy atom. The first-order chi connectivity index (χ1) is 6.77. The molecule has 0 aliphatic heterocycles. The molecule has 2 aromatic rings. The van der Waals surface area contributed by atoms with Crippen LogP contribution in [0.4, 0.5) is 11.4 Å². The summed E-state index contributed by atoms with van der Waals surface area (Å²) in [7, 11) is 0. The zero-order chi connectivity index (χ0) is 9.97. The van der Waals surface area contributed by atoms with E-state index in [9.17, 15) is 0 Å². The molecule has 0 fully saturated rings. The van der Waals surface area contributed by atoms with Gasteiger partial charge in [-0.1, -0.05) is 24.3 Å². The van der Waals surface area contributed by atoms with Gasteiger partial charge in [-0.2, -0.15) is 0 Å². The third-order valence-corrected chi connectivity index (χ3v) is 2.06. The fourth-order valence-corrected chi connectivity index (χ4v) is 1.39. The topological polar surface area (TPSA) is 52.0 Å². The largest absolute Gasteiger partial charge is 0.399 e. The van der Waals surface area contributed by atoms with Crippen LogP contribution in [-0.2, 0) is 0 Å². The van der Waals surface area contributed by atoms with Crippen LogP contribution in [0.15, 0.2) is 42.5 Å². The van der Waals surface area contributed by atoms with E-state index in [0.717, 1.165) is 22.5 Å². The van der Waals surface area contributed by atoms with Crippen molar-refractivity contribution in [2.75, 3.05) is 11.5 Å². The van der Waals surface area contributed by atoms with E-state index in [0.29, 0.717) is 0 Å². The zero-order valence-corrected chi connectivity index (χ0v) is 7.70. The predicted molar refractivity (Wildman–Crippen MR) is 59.5 cm³/mol. The third-order valence-electron chi connectivity index (χ3n) is 2.06. The van der Waals surface area contributed by atoms with Crippen molar-refractivity contribution < 1.29 is 0 Å². The molecule has 0 saturated carbocycles. The molecule has 0 heterocycles. The lowest BCUT2D eigenvalue weighted by Crippen LogP contribution is -1.90. The van der Waals surface area contributed by atoms with E-state index in [-0.39, 0.29) is 0 Å². The molecule has 1 radical (unpaired) electrons. The van der Waals surface area contributed by atoms with Crippen LogP contribution in [0.2, 0.25) is 0 Å². The lowest BCUT2D eigenvalue weighted by Gasteiger charge is -2.05. The van der Waals surface area contributed by atoms with Crippen molar-refractivity contribution >= 4 is 11.4 Å². The molecule has 0 saturated heterocycles. The lowest BCUT2D eigenvalue weighted by atomic mass is 10.0. The van der Waals surface area contributed by atoms with Crippen molar-refractivity contribution in [3.8, 4) is 11.1 Å². The lowest BCUT2D eigenvalue weighted by molar-refractivity contribution is 1.60. The molecule has 0 aromatic heterocycles. The first kappa shape index (κ1) is 8.63. The summed E-state index contributed by atoms with van der Waals surface area (Å²) in [5, 5.41) is 0.